The van der Waals surface area contributed by atoms with Crippen molar-refractivity contribution in [1.29, 1.82) is 0 Å². The summed E-state index contributed by atoms with van der Waals surface area (Å²) in [5, 5.41) is 1.44. The number of pyridine rings is 2. The summed E-state index contributed by atoms with van der Waals surface area (Å²) in [6, 6.07) is 34.1. The van der Waals surface area contributed by atoms with Crippen LogP contribution in [-0.2, 0) is 5.41 Å². The average molecular weight is 575 g/mol. The quantitative estimate of drug-likeness (QED) is 0.193. The second kappa shape index (κ2) is 10.2. The lowest BCUT2D eigenvalue weighted by Crippen LogP contribution is -2.37. The number of rotatable bonds is 5. The van der Waals surface area contributed by atoms with Crippen LogP contribution in [0.3, 0.4) is 0 Å². The first-order chi connectivity index (χ1) is 20.7. The molecule has 3 aromatic heterocycles. The number of benzene rings is 3. The molecule has 1 aliphatic carbocycles. The van der Waals surface area contributed by atoms with Gasteiger partial charge in [-0.2, -0.15) is 0 Å². The van der Waals surface area contributed by atoms with Crippen LogP contribution >= 0.6 is 0 Å². The van der Waals surface area contributed by atoms with Crippen LogP contribution in [0.5, 0.6) is 0 Å². The van der Waals surface area contributed by atoms with Crippen molar-refractivity contribution in [2.24, 2.45) is 0 Å². The minimum Gasteiger partial charge on any atom is -0.264 e. The Balaban J connectivity index is 1.33. The van der Waals surface area contributed by atoms with E-state index in [0.29, 0.717) is 0 Å². The largest absolute Gasteiger partial charge is 0.264 e. The summed E-state index contributed by atoms with van der Waals surface area (Å²) >= 11 is 0. The molecule has 0 N–H and O–H groups in total. The Hall–Kier alpha value is -4.74. The highest BCUT2D eigenvalue weighted by molar-refractivity contribution is 6.88. The molecule has 0 amide bonds. The molecule has 4 nitrogen and oxygen atoms in total. The molecule has 0 fully saturated rings. The van der Waals surface area contributed by atoms with Gasteiger partial charge in [0, 0.05) is 46.3 Å². The number of nitrogens with zero attached hydrogens (tertiary/aromatic N) is 4. The van der Waals surface area contributed by atoms with Crippen LogP contribution in [0.25, 0.3) is 56.3 Å². The van der Waals surface area contributed by atoms with Crippen molar-refractivity contribution in [3.8, 4) is 56.3 Å². The fourth-order valence-corrected chi connectivity index (χ4v) is 7.21. The predicted octanol–water partition coefficient (Wildman–Crippen LogP) is 8.79. The summed E-state index contributed by atoms with van der Waals surface area (Å²) < 4.78 is 0. The maximum atomic E-state index is 5.07. The topological polar surface area (TPSA) is 51.6 Å². The van der Waals surface area contributed by atoms with Crippen LogP contribution in [-0.4, -0.2) is 28.0 Å². The molecule has 0 spiro atoms. The third-order valence-electron chi connectivity index (χ3n) is 8.62. The van der Waals surface area contributed by atoms with E-state index in [1.165, 1.54) is 27.4 Å². The molecule has 3 aromatic carbocycles. The molecule has 0 aliphatic heterocycles. The first-order valence-electron chi connectivity index (χ1n) is 14.8. The third kappa shape index (κ3) is 4.90. The van der Waals surface area contributed by atoms with Crippen LogP contribution in [0.2, 0.25) is 19.6 Å². The number of fused-ring (bicyclic) bond motifs is 3. The van der Waals surface area contributed by atoms with E-state index in [9.17, 15) is 0 Å². The van der Waals surface area contributed by atoms with Gasteiger partial charge in [0.1, 0.15) is 0 Å². The predicted molar refractivity (Wildman–Crippen MR) is 180 cm³/mol. The second-order valence-corrected chi connectivity index (χ2v) is 18.0. The van der Waals surface area contributed by atoms with E-state index < -0.39 is 8.07 Å². The van der Waals surface area contributed by atoms with Crippen LogP contribution in [0.15, 0.2) is 116 Å². The van der Waals surface area contributed by atoms with E-state index in [1.807, 2.05) is 36.8 Å². The second-order valence-electron chi connectivity index (χ2n) is 12.9. The van der Waals surface area contributed by atoms with E-state index in [0.717, 1.165) is 45.2 Å². The Kier molecular flexibility index (Phi) is 6.44. The molecule has 0 saturated carbocycles. The lowest BCUT2D eigenvalue weighted by molar-refractivity contribution is 0.654. The SMILES string of the molecule is CC1(C)c2cnccc2-c2cc(-c3cccc(-c4cc(-c5ccc([Si](C)(C)C)cc5)nc(-c5ccccc5)n4)c3)ncc21. The Morgan fingerprint density at radius 2 is 1.21 bits per heavy atom. The van der Waals surface area contributed by atoms with Gasteiger partial charge in [0.2, 0.25) is 0 Å². The fraction of sp³-hybridized carbons (Fsp3) is 0.158. The van der Waals surface area contributed by atoms with Crippen molar-refractivity contribution < 1.29 is 0 Å². The molecular weight excluding hydrogens is 541 g/mol. The fourth-order valence-electron chi connectivity index (χ4n) is 6.04. The van der Waals surface area contributed by atoms with Crippen molar-refractivity contribution in [1.82, 2.24) is 19.9 Å². The van der Waals surface area contributed by atoms with E-state index in [2.05, 4.69) is 117 Å². The first kappa shape index (κ1) is 27.1. The standard InChI is InChI=1S/C38H34N4Si/c1-38(2)32-23-39-19-18-30(32)31-21-34(40-24-33(31)38)27-12-9-13-28(20-27)36-22-35(25-14-16-29(17-15-25)43(3,4)5)41-37(42-36)26-10-7-6-8-11-26/h6-24H,1-5H3. The van der Waals surface area contributed by atoms with Gasteiger partial charge in [-0.15, -0.1) is 0 Å². The highest BCUT2D eigenvalue weighted by atomic mass is 28.3. The molecule has 6 aromatic rings. The van der Waals surface area contributed by atoms with Crippen molar-refractivity contribution in [3.05, 3.63) is 127 Å². The van der Waals surface area contributed by atoms with Crippen molar-refractivity contribution in [3.63, 3.8) is 0 Å². The summed E-state index contributed by atoms with van der Waals surface area (Å²) in [7, 11) is -1.40. The van der Waals surface area contributed by atoms with E-state index >= 15 is 0 Å². The molecule has 0 unspecified atom stereocenters. The van der Waals surface area contributed by atoms with Gasteiger partial charge in [-0.3, -0.25) is 9.97 Å². The number of hydrogen-bond donors (Lipinski definition) is 0. The van der Waals surface area contributed by atoms with E-state index in [-0.39, 0.29) is 5.41 Å². The van der Waals surface area contributed by atoms with Crippen molar-refractivity contribution >= 4 is 13.3 Å². The van der Waals surface area contributed by atoms with Crippen LogP contribution in [0.1, 0.15) is 25.0 Å². The Labute approximate surface area is 254 Å². The number of aromatic nitrogens is 4. The van der Waals surface area contributed by atoms with Gasteiger partial charge in [-0.05, 0) is 46.5 Å². The van der Waals surface area contributed by atoms with E-state index in [1.54, 1.807) is 0 Å². The molecule has 0 saturated heterocycles. The van der Waals surface area contributed by atoms with Gasteiger partial charge in [0.05, 0.1) is 25.2 Å². The Bertz CT molecular complexity index is 1970. The molecule has 0 atom stereocenters. The molecule has 0 bridgehead atoms. The molecule has 5 heteroatoms. The maximum absolute atomic E-state index is 5.07. The molecule has 7 rings (SSSR count). The van der Waals surface area contributed by atoms with Gasteiger partial charge in [0.25, 0.3) is 0 Å². The van der Waals surface area contributed by atoms with Gasteiger partial charge in [-0.25, -0.2) is 9.97 Å². The average Bonchev–Trinajstić information content (AvgIpc) is 3.27. The minimum absolute atomic E-state index is 0.120. The normalized spacial score (nSPS) is 13.4. The van der Waals surface area contributed by atoms with Crippen molar-refractivity contribution in [2.45, 2.75) is 38.9 Å². The molecule has 43 heavy (non-hydrogen) atoms. The summed E-state index contributed by atoms with van der Waals surface area (Å²) in [5.74, 6) is 0.718. The van der Waals surface area contributed by atoms with Gasteiger partial charge in [0.15, 0.2) is 5.82 Å². The molecule has 3 heterocycles. The van der Waals surface area contributed by atoms with Crippen LogP contribution < -0.4 is 5.19 Å². The maximum Gasteiger partial charge on any atom is 0.160 e. The number of hydrogen-bond acceptors (Lipinski definition) is 4. The molecule has 1 aliphatic rings. The van der Waals surface area contributed by atoms with Gasteiger partial charge in [-0.1, -0.05) is 111 Å². The summed E-state index contributed by atoms with van der Waals surface area (Å²) in [4.78, 5) is 19.4. The molecule has 0 radical (unpaired) electrons. The summed E-state index contributed by atoms with van der Waals surface area (Å²) in [5.41, 5.74) is 11.8. The van der Waals surface area contributed by atoms with Crippen LogP contribution in [0.4, 0.5) is 0 Å². The lowest BCUT2D eigenvalue weighted by atomic mass is 9.84. The third-order valence-corrected chi connectivity index (χ3v) is 10.7. The lowest BCUT2D eigenvalue weighted by Gasteiger charge is -2.20. The summed E-state index contributed by atoms with van der Waals surface area (Å²) in [6.07, 6.45) is 5.91. The highest BCUT2D eigenvalue weighted by Gasteiger charge is 2.36. The Morgan fingerprint density at radius 3 is 1.93 bits per heavy atom. The zero-order valence-corrected chi connectivity index (χ0v) is 26.3. The van der Waals surface area contributed by atoms with Gasteiger partial charge >= 0.3 is 0 Å². The van der Waals surface area contributed by atoms with Gasteiger partial charge < -0.3 is 0 Å². The molecular formula is C38H34N4Si. The zero-order valence-electron chi connectivity index (χ0n) is 25.3. The monoisotopic (exact) mass is 574 g/mol. The minimum atomic E-state index is -1.40. The van der Waals surface area contributed by atoms with Crippen LogP contribution in [0, 0.1) is 0 Å². The van der Waals surface area contributed by atoms with E-state index in [4.69, 9.17) is 15.0 Å². The zero-order chi connectivity index (χ0) is 29.8. The smallest absolute Gasteiger partial charge is 0.160 e. The Morgan fingerprint density at radius 1 is 0.558 bits per heavy atom. The first-order valence-corrected chi connectivity index (χ1v) is 18.3. The summed E-state index contributed by atoms with van der Waals surface area (Å²) in [6.45, 7) is 11.6. The molecule has 210 valence electrons. The van der Waals surface area contributed by atoms with Crippen molar-refractivity contribution in [2.75, 3.05) is 0 Å². The highest BCUT2D eigenvalue weighted by Crippen LogP contribution is 2.48.